The molecule has 2 aromatic carbocycles. The Morgan fingerprint density at radius 2 is 1.67 bits per heavy atom. The van der Waals surface area contributed by atoms with Crippen LogP contribution in [0.25, 0.3) is 0 Å². The third-order valence-corrected chi connectivity index (χ3v) is 4.02. The standard InChI is InChI=1S/C20H27N/c1-5-17-9-11-19(12-10-17)20(15(2)3)21-14-18-8-6-7-16(4)13-18/h6-13,15,20-21H,5,14H2,1-4H3. The first kappa shape index (κ1) is 15.8. The zero-order valence-electron chi connectivity index (χ0n) is 13.7. The number of benzene rings is 2. The monoisotopic (exact) mass is 281 g/mol. The normalized spacial score (nSPS) is 12.6. The van der Waals surface area contributed by atoms with E-state index in [1.807, 2.05) is 0 Å². The van der Waals surface area contributed by atoms with Crippen molar-refractivity contribution in [3.8, 4) is 0 Å². The summed E-state index contributed by atoms with van der Waals surface area (Å²) in [5.41, 5.74) is 5.46. The van der Waals surface area contributed by atoms with Gasteiger partial charge >= 0.3 is 0 Å². The summed E-state index contributed by atoms with van der Waals surface area (Å²) in [4.78, 5) is 0. The van der Waals surface area contributed by atoms with Gasteiger partial charge in [-0.25, -0.2) is 0 Å². The zero-order chi connectivity index (χ0) is 15.2. The average Bonchev–Trinajstić information content (AvgIpc) is 2.48. The Labute approximate surface area is 129 Å². The Kier molecular flexibility index (Phi) is 5.58. The minimum absolute atomic E-state index is 0.399. The van der Waals surface area contributed by atoms with Crippen LogP contribution in [0.3, 0.4) is 0 Å². The van der Waals surface area contributed by atoms with E-state index in [-0.39, 0.29) is 0 Å². The molecule has 2 rings (SSSR count). The minimum Gasteiger partial charge on any atom is -0.306 e. The molecular weight excluding hydrogens is 254 g/mol. The number of rotatable bonds is 6. The highest BCUT2D eigenvalue weighted by Crippen LogP contribution is 2.23. The Morgan fingerprint density at radius 3 is 2.24 bits per heavy atom. The lowest BCUT2D eigenvalue weighted by atomic mass is 9.94. The molecule has 0 heterocycles. The third kappa shape index (κ3) is 4.44. The van der Waals surface area contributed by atoms with Crippen LogP contribution in [0.4, 0.5) is 0 Å². The van der Waals surface area contributed by atoms with Crippen molar-refractivity contribution >= 4 is 0 Å². The molecule has 0 radical (unpaired) electrons. The Morgan fingerprint density at radius 1 is 0.952 bits per heavy atom. The summed E-state index contributed by atoms with van der Waals surface area (Å²) in [5.74, 6) is 0.572. The van der Waals surface area contributed by atoms with Crippen LogP contribution in [0.15, 0.2) is 48.5 Å². The smallest absolute Gasteiger partial charge is 0.0346 e. The lowest BCUT2D eigenvalue weighted by molar-refractivity contribution is 0.410. The summed E-state index contributed by atoms with van der Waals surface area (Å²) in [5, 5.41) is 3.72. The largest absolute Gasteiger partial charge is 0.306 e. The average molecular weight is 281 g/mol. The number of aryl methyl sites for hydroxylation is 2. The summed E-state index contributed by atoms with van der Waals surface area (Å²) < 4.78 is 0. The molecule has 0 aromatic heterocycles. The quantitative estimate of drug-likeness (QED) is 0.781. The molecule has 1 heteroatoms. The van der Waals surface area contributed by atoms with Gasteiger partial charge in [-0.3, -0.25) is 0 Å². The summed E-state index contributed by atoms with van der Waals surface area (Å²) in [6, 6.07) is 18.2. The number of nitrogens with one attached hydrogen (secondary N) is 1. The molecule has 1 nitrogen and oxygen atoms in total. The van der Waals surface area contributed by atoms with Gasteiger partial charge in [-0.1, -0.05) is 74.9 Å². The van der Waals surface area contributed by atoms with Gasteiger partial charge in [-0.05, 0) is 36.0 Å². The van der Waals surface area contributed by atoms with E-state index in [2.05, 4.69) is 81.5 Å². The van der Waals surface area contributed by atoms with Crippen LogP contribution < -0.4 is 5.32 Å². The molecule has 21 heavy (non-hydrogen) atoms. The lowest BCUT2D eigenvalue weighted by Crippen LogP contribution is -2.25. The first-order chi connectivity index (χ1) is 10.1. The first-order valence-corrected chi connectivity index (χ1v) is 7.98. The van der Waals surface area contributed by atoms with Crippen molar-refractivity contribution in [3.63, 3.8) is 0 Å². The topological polar surface area (TPSA) is 12.0 Å². The molecule has 0 aliphatic carbocycles. The molecule has 0 saturated heterocycles. The van der Waals surface area contributed by atoms with Crippen LogP contribution in [0.1, 0.15) is 49.1 Å². The van der Waals surface area contributed by atoms with Crippen molar-refractivity contribution in [1.82, 2.24) is 5.32 Å². The second-order valence-corrected chi connectivity index (χ2v) is 6.19. The molecule has 0 spiro atoms. The van der Waals surface area contributed by atoms with Crippen molar-refractivity contribution in [2.45, 2.75) is 46.7 Å². The van der Waals surface area contributed by atoms with Gasteiger partial charge in [-0.15, -0.1) is 0 Å². The van der Waals surface area contributed by atoms with Crippen molar-refractivity contribution in [2.75, 3.05) is 0 Å². The predicted molar refractivity (Wildman–Crippen MR) is 91.4 cm³/mol. The minimum atomic E-state index is 0.399. The van der Waals surface area contributed by atoms with Crippen LogP contribution in [0, 0.1) is 12.8 Å². The molecule has 0 saturated carbocycles. The fourth-order valence-corrected chi connectivity index (χ4v) is 2.75. The highest BCUT2D eigenvalue weighted by Gasteiger charge is 2.15. The lowest BCUT2D eigenvalue weighted by Gasteiger charge is -2.23. The first-order valence-electron chi connectivity index (χ1n) is 7.98. The number of hydrogen-bond donors (Lipinski definition) is 1. The molecule has 1 unspecified atom stereocenters. The van der Waals surface area contributed by atoms with Crippen LogP contribution in [-0.2, 0) is 13.0 Å². The van der Waals surface area contributed by atoms with Gasteiger partial charge in [-0.2, -0.15) is 0 Å². The van der Waals surface area contributed by atoms with Crippen LogP contribution in [0.2, 0.25) is 0 Å². The molecule has 112 valence electrons. The second-order valence-electron chi connectivity index (χ2n) is 6.19. The van der Waals surface area contributed by atoms with Crippen molar-refractivity contribution in [2.24, 2.45) is 5.92 Å². The van der Waals surface area contributed by atoms with E-state index in [0.717, 1.165) is 13.0 Å². The maximum atomic E-state index is 3.72. The van der Waals surface area contributed by atoms with Gasteiger partial charge in [0.15, 0.2) is 0 Å². The van der Waals surface area contributed by atoms with Crippen molar-refractivity contribution in [3.05, 3.63) is 70.8 Å². The molecule has 1 atom stereocenters. The summed E-state index contributed by atoms with van der Waals surface area (Å²) in [6.07, 6.45) is 1.10. The zero-order valence-corrected chi connectivity index (χ0v) is 13.7. The van der Waals surface area contributed by atoms with Gasteiger partial charge in [0.05, 0.1) is 0 Å². The molecule has 0 amide bonds. The van der Waals surface area contributed by atoms with E-state index >= 15 is 0 Å². The van der Waals surface area contributed by atoms with Crippen LogP contribution in [0.5, 0.6) is 0 Å². The summed E-state index contributed by atoms with van der Waals surface area (Å²) >= 11 is 0. The van der Waals surface area contributed by atoms with E-state index in [9.17, 15) is 0 Å². The van der Waals surface area contributed by atoms with Gasteiger partial charge in [0.25, 0.3) is 0 Å². The van der Waals surface area contributed by atoms with Gasteiger partial charge in [0, 0.05) is 12.6 Å². The Balaban J connectivity index is 2.08. The molecule has 0 fully saturated rings. The highest BCUT2D eigenvalue weighted by molar-refractivity contribution is 5.26. The predicted octanol–water partition coefficient (Wildman–Crippen LogP) is 5.04. The highest BCUT2D eigenvalue weighted by atomic mass is 14.9. The van der Waals surface area contributed by atoms with Crippen LogP contribution in [-0.4, -0.2) is 0 Å². The molecule has 0 aliphatic rings. The molecule has 1 N–H and O–H groups in total. The third-order valence-electron chi connectivity index (χ3n) is 4.02. The van der Waals surface area contributed by atoms with Crippen molar-refractivity contribution in [1.29, 1.82) is 0 Å². The SMILES string of the molecule is CCc1ccc(C(NCc2cccc(C)c2)C(C)C)cc1. The summed E-state index contributed by atoms with van der Waals surface area (Å²) in [7, 11) is 0. The molecular formula is C20H27N. The second kappa shape index (κ2) is 7.42. The number of hydrogen-bond acceptors (Lipinski definition) is 1. The van der Waals surface area contributed by atoms with Gasteiger partial charge < -0.3 is 5.32 Å². The van der Waals surface area contributed by atoms with Gasteiger partial charge in [0.2, 0.25) is 0 Å². The molecule has 0 bridgehead atoms. The fraction of sp³-hybridized carbons (Fsp3) is 0.400. The fourth-order valence-electron chi connectivity index (χ4n) is 2.75. The van der Waals surface area contributed by atoms with Gasteiger partial charge in [0.1, 0.15) is 0 Å². The van der Waals surface area contributed by atoms with Crippen LogP contribution >= 0.6 is 0 Å². The van der Waals surface area contributed by atoms with E-state index in [4.69, 9.17) is 0 Å². The van der Waals surface area contributed by atoms with Crippen molar-refractivity contribution < 1.29 is 0 Å². The van der Waals surface area contributed by atoms with E-state index in [1.165, 1.54) is 22.3 Å². The Bertz CT molecular complexity index is 554. The van der Waals surface area contributed by atoms with E-state index in [0.29, 0.717) is 12.0 Å². The van der Waals surface area contributed by atoms with E-state index < -0.39 is 0 Å². The summed E-state index contributed by atoms with van der Waals surface area (Å²) in [6.45, 7) is 9.82. The molecule has 0 aliphatic heterocycles. The molecule has 2 aromatic rings. The Hall–Kier alpha value is -1.60. The van der Waals surface area contributed by atoms with E-state index in [1.54, 1.807) is 0 Å². The maximum Gasteiger partial charge on any atom is 0.0346 e. The maximum absolute atomic E-state index is 3.72.